The lowest BCUT2D eigenvalue weighted by Crippen LogP contribution is -1.97. The number of aliphatic carboxylic acids is 1. The molecule has 0 spiro atoms. The van der Waals surface area contributed by atoms with E-state index in [1.165, 1.54) is 6.07 Å². The second kappa shape index (κ2) is 5.47. The van der Waals surface area contributed by atoms with E-state index in [1.807, 2.05) is 0 Å². The zero-order valence-corrected chi connectivity index (χ0v) is 10.6. The molecule has 0 saturated heterocycles. The van der Waals surface area contributed by atoms with Crippen molar-refractivity contribution in [2.45, 2.75) is 19.8 Å². The van der Waals surface area contributed by atoms with Gasteiger partial charge in [0.2, 0.25) is 11.8 Å². The smallest absolute Gasteiger partial charge is 0.303 e. The number of hydrogen-bond acceptors (Lipinski definition) is 6. The van der Waals surface area contributed by atoms with Crippen LogP contribution in [0.15, 0.2) is 22.6 Å². The minimum atomic E-state index is -0.962. The van der Waals surface area contributed by atoms with Crippen LogP contribution >= 0.6 is 0 Å². The first-order valence-electron chi connectivity index (χ1n) is 5.77. The van der Waals surface area contributed by atoms with E-state index in [2.05, 4.69) is 10.2 Å². The van der Waals surface area contributed by atoms with Crippen LogP contribution < -0.4 is 0 Å². The molecule has 0 bridgehead atoms. The van der Waals surface area contributed by atoms with Gasteiger partial charge in [-0.2, -0.15) is 0 Å². The molecule has 104 valence electrons. The predicted octanol–water partition coefficient (Wildman–Crippen LogP) is 1.97. The van der Waals surface area contributed by atoms with Crippen molar-refractivity contribution in [3.63, 3.8) is 0 Å². The number of benzene rings is 1. The van der Waals surface area contributed by atoms with Crippen LogP contribution in [0, 0.1) is 17.0 Å². The fourth-order valence-electron chi connectivity index (χ4n) is 1.62. The molecule has 0 aliphatic carbocycles. The molecule has 0 aliphatic rings. The Morgan fingerprint density at radius 3 is 2.85 bits per heavy atom. The molecular formula is C12H11N3O5. The highest BCUT2D eigenvalue weighted by molar-refractivity contribution is 5.66. The largest absolute Gasteiger partial charge is 0.481 e. The highest BCUT2D eigenvalue weighted by Gasteiger charge is 2.15. The van der Waals surface area contributed by atoms with Crippen LogP contribution in [-0.2, 0) is 11.2 Å². The van der Waals surface area contributed by atoms with E-state index in [0.717, 1.165) is 0 Å². The molecule has 1 heterocycles. The Balaban J connectivity index is 2.26. The van der Waals surface area contributed by atoms with Gasteiger partial charge in [-0.1, -0.05) is 6.07 Å². The molecule has 1 aromatic heterocycles. The minimum absolute atomic E-state index is 0.0345. The zero-order valence-electron chi connectivity index (χ0n) is 10.6. The molecule has 0 aliphatic heterocycles. The summed E-state index contributed by atoms with van der Waals surface area (Å²) < 4.78 is 5.29. The van der Waals surface area contributed by atoms with E-state index in [1.54, 1.807) is 19.1 Å². The number of carboxylic acids is 1. The number of nitro groups is 1. The van der Waals surface area contributed by atoms with Gasteiger partial charge in [0.25, 0.3) is 5.69 Å². The molecule has 20 heavy (non-hydrogen) atoms. The summed E-state index contributed by atoms with van der Waals surface area (Å²) in [6.07, 6.45) is 0.00592. The number of nitro benzene ring substituents is 1. The maximum absolute atomic E-state index is 10.9. The van der Waals surface area contributed by atoms with Crippen molar-refractivity contribution in [2.24, 2.45) is 0 Å². The summed E-state index contributed by atoms with van der Waals surface area (Å²) in [5.41, 5.74) is 0.925. The van der Waals surface area contributed by atoms with Crippen LogP contribution in [0.3, 0.4) is 0 Å². The quantitative estimate of drug-likeness (QED) is 0.655. The van der Waals surface area contributed by atoms with Gasteiger partial charge in [-0.15, -0.1) is 10.2 Å². The third-order valence-electron chi connectivity index (χ3n) is 2.67. The Bertz CT molecular complexity index is 665. The first-order chi connectivity index (χ1) is 9.47. The Morgan fingerprint density at radius 1 is 1.45 bits per heavy atom. The van der Waals surface area contributed by atoms with Crippen molar-refractivity contribution >= 4 is 11.7 Å². The average Bonchev–Trinajstić information content (AvgIpc) is 2.85. The van der Waals surface area contributed by atoms with Crippen molar-refractivity contribution in [3.8, 4) is 11.5 Å². The van der Waals surface area contributed by atoms with Gasteiger partial charge in [-0.3, -0.25) is 14.9 Å². The Morgan fingerprint density at radius 2 is 2.20 bits per heavy atom. The molecule has 1 aromatic carbocycles. The van der Waals surface area contributed by atoms with Crippen LogP contribution in [0.5, 0.6) is 0 Å². The number of carbonyl (C=O) groups is 1. The third kappa shape index (κ3) is 2.97. The van der Waals surface area contributed by atoms with Gasteiger partial charge in [-0.05, 0) is 13.0 Å². The summed E-state index contributed by atoms with van der Waals surface area (Å²) in [4.78, 5) is 20.8. The number of aromatic nitrogens is 2. The Labute approximate surface area is 113 Å². The van der Waals surface area contributed by atoms with E-state index >= 15 is 0 Å². The number of aryl methyl sites for hydroxylation is 2. The predicted molar refractivity (Wildman–Crippen MR) is 67.1 cm³/mol. The van der Waals surface area contributed by atoms with Gasteiger partial charge in [0.1, 0.15) is 0 Å². The fourth-order valence-corrected chi connectivity index (χ4v) is 1.62. The van der Waals surface area contributed by atoms with E-state index in [9.17, 15) is 14.9 Å². The lowest BCUT2D eigenvalue weighted by atomic mass is 10.1. The molecule has 0 unspecified atom stereocenters. The number of nitrogens with zero attached hydrogens (tertiary/aromatic N) is 3. The average molecular weight is 277 g/mol. The molecule has 0 amide bonds. The summed E-state index contributed by atoms with van der Waals surface area (Å²) in [6, 6.07) is 4.58. The SMILES string of the molecule is Cc1ccc(-c2nnc(CCC(=O)O)o2)cc1[N+](=O)[O-]. The van der Waals surface area contributed by atoms with E-state index in [0.29, 0.717) is 11.1 Å². The van der Waals surface area contributed by atoms with E-state index in [4.69, 9.17) is 9.52 Å². The Kier molecular flexibility index (Phi) is 3.74. The highest BCUT2D eigenvalue weighted by Crippen LogP contribution is 2.26. The topological polar surface area (TPSA) is 119 Å². The molecule has 2 rings (SSSR count). The molecular weight excluding hydrogens is 266 g/mol. The van der Waals surface area contributed by atoms with Crippen molar-refractivity contribution in [1.82, 2.24) is 10.2 Å². The van der Waals surface area contributed by atoms with Crippen LogP contribution in [0.2, 0.25) is 0 Å². The zero-order chi connectivity index (χ0) is 14.7. The summed E-state index contributed by atoms with van der Waals surface area (Å²) >= 11 is 0. The number of hydrogen-bond donors (Lipinski definition) is 1. The lowest BCUT2D eigenvalue weighted by molar-refractivity contribution is -0.385. The van der Waals surface area contributed by atoms with Crippen LogP contribution in [-0.4, -0.2) is 26.2 Å². The van der Waals surface area contributed by atoms with Gasteiger partial charge < -0.3 is 9.52 Å². The normalized spacial score (nSPS) is 10.4. The summed E-state index contributed by atoms with van der Waals surface area (Å²) in [7, 11) is 0. The van der Waals surface area contributed by atoms with Gasteiger partial charge in [0.05, 0.1) is 11.3 Å². The minimum Gasteiger partial charge on any atom is -0.481 e. The maximum atomic E-state index is 10.9. The van der Waals surface area contributed by atoms with Crippen molar-refractivity contribution in [1.29, 1.82) is 0 Å². The third-order valence-corrected chi connectivity index (χ3v) is 2.67. The Hall–Kier alpha value is -2.77. The van der Waals surface area contributed by atoms with Gasteiger partial charge in [-0.25, -0.2) is 0 Å². The lowest BCUT2D eigenvalue weighted by Gasteiger charge is -1.98. The highest BCUT2D eigenvalue weighted by atomic mass is 16.6. The molecule has 8 nitrogen and oxygen atoms in total. The van der Waals surface area contributed by atoms with Crippen LogP contribution in [0.1, 0.15) is 17.9 Å². The molecule has 0 saturated carbocycles. The van der Waals surface area contributed by atoms with E-state index in [-0.39, 0.29) is 30.3 Å². The summed E-state index contributed by atoms with van der Waals surface area (Å²) in [5, 5.41) is 26.9. The standard InChI is InChI=1S/C12H11N3O5/c1-7-2-3-8(6-9(7)15(18)19)12-14-13-10(20-12)4-5-11(16)17/h2-3,6H,4-5H2,1H3,(H,16,17). The molecule has 1 N–H and O–H groups in total. The van der Waals surface area contributed by atoms with Crippen molar-refractivity contribution in [3.05, 3.63) is 39.8 Å². The summed E-state index contributed by atoms with van der Waals surface area (Å²) in [6.45, 7) is 1.63. The molecule has 2 aromatic rings. The van der Waals surface area contributed by atoms with Gasteiger partial charge in [0.15, 0.2) is 0 Å². The van der Waals surface area contributed by atoms with Crippen molar-refractivity contribution in [2.75, 3.05) is 0 Å². The number of carboxylic acid groups (broad SMARTS) is 1. The van der Waals surface area contributed by atoms with Crippen LogP contribution in [0.4, 0.5) is 5.69 Å². The molecule has 0 atom stereocenters. The van der Waals surface area contributed by atoms with Crippen LogP contribution in [0.25, 0.3) is 11.5 Å². The molecule has 0 radical (unpaired) electrons. The second-order valence-corrected chi connectivity index (χ2v) is 4.15. The van der Waals surface area contributed by atoms with Gasteiger partial charge >= 0.3 is 5.97 Å². The first kappa shape index (κ1) is 13.7. The van der Waals surface area contributed by atoms with Gasteiger partial charge in [0, 0.05) is 23.6 Å². The summed E-state index contributed by atoms with van der Waals surface area (Å²) in [5.74, 6) is -0.644. The monoisotopic (exact) mass is 277 g/mol. The van der Waals surface area contributed by atoms with E-state index < -0.39 is 10.9 Å². The molecule has 8 heteroatoms. The maximum Gasteiger partial charge on any atom is 0.303 e. The molecule has 0 fully saturated rings. The fraction of sp³-hybridized carbons (Fsp3) is 0.250. The number of rotatable bonds is 5. The van der Waals surface area contributed by atoms with Crippen molar-refractivity contribution < 1.29 is 19.2 Å². The first-order valence-corrected chi connectivity index (χ1v) is 5.77. The second-order valence-electron chi connectivity index (χ2n) is 4.15.